The van der Waals surface area contributed by atoms with E-state index in [1.807, 2.05) is 18.2 Å². The highest BCUT2D eigenvalue weighted by Gasteiger charge is 2.42. The topological polar surface area (TPSA) is 106 Å². The Labute approximate surface area is 156 Å². The molecular formula is C18H22N2O7. The number of carbonyl (C=O) groups is 3. The number of hydrogen-bond acceptors (Lipinski definition) is 7. The first kappa shape index (κ1) is 19.1. The standard InChI is InChI=1S/C18H22N2O7/c1-12(21)27-16(18(23)24)15-17(22)20(7-10-26-15)14-4-2-3-13(11-14)19-5-8-25-9-6-19/h2-4,11,15-16H,5-10H2,1H3,(H,23,24). The zero-order valence-corrected chi connectivity index (χ0v) is 15.0. The van der Waals surface area contributed by atoms with Gasteiger partial charge in [-0.3, -0.25) is 9.59 Å². The molecule has 2 atom stereocenters. The van der Waals surface area contributed by atoms with E-state index in [9.17, 15) is 19.5 Å². The van der Waals surface area contributed by atoms with Crippen LogP contribution in [0.25, 0.3) is 0 Å². The van der Waals surface area contributed by atoms with Gasteiger partial charge in [0.1, 0.15) is 0 Å². The summed E-state index contributed by atoms with van der Waals surface area (Å²) < 4.78 is 15.5. The largest absolute Gasteiger partial charge is 0.478 e. The molecule has 1 amide bonds. The fourth-order valence-corrected chi connectivity index (χ4v) is 3.18. The SMILES string of the molecule is CC(=O)OC(C(=O)O)C1OCCN(c2cccc(N3CCOCC3)c2)C1=O. The normalized spacial score (nSPS) is 21.7. The maximum absolute atomic E-state index is 12.9. The molecule has 9 heteroatoms. The molecule has 2 aliphatic heterocycles. The number of esters is 1. The molecule has 9 nitrogen and oxygen atoms in total. The van der Waals surface area contributed by atoms with Gasteiger partial charge < -0.3 is 29.1 Å². The Morgan fingerprint density at radius 2 is 1.89 bits per heavy atom. The molecular weight excluding hydrogens is 356 g/mol. The Morgan fingerprint density at radius 1 is 1.19 bits per heavy atom. The van der Waals surface area contributed by atoms with Crippen molar-refractivity contribution in [2.45, 2.75) is 19.1 Å². The van der Waals surface area contributed by atoms with Gasteiger partial charge in [-0.1, -0.05) is 6.07 Å². The summed E-state index contributed by atoms with van der Waals surface area (Å²) in [5.74, 6) is -2.76. The number of rotatable bonds is 5. The number of anilines is 2. The first-order chi connectivity index (χ1) is 13.0. The summed E-state index contributed by atoms with van der Waals surface area (Å²) in [6, 6.07) is 7.47. The molecule has 0 aliphatic carbocycles. The third kappa shape index (κ3) is 4.37. The fraction of sp³-hybridized carbons (Fsp3) is 0.500. The molecule has 2 heterocycles. The predicted octanol–water partition coefficient (Wildman–Crippen LogP) is 0.271. The van der Waals surface area contributed by atoms with Crippen LogP contribution in [0.15, 0.2) is 24.3 Å². The molecule has 2 unspecified atom stereocenters. The van der Waals surface area contributed by atoms with Crippen molar-refractivity contribution < 1.29 is 33.7 Å². The Bertz CT molecular complexity index is 717. The lowest BCUT2D eigenvalue weighted by molar-refractivity contribution is -0.177. The number of ether oxygens (including phenoxy) is 3. The summed E-state index contributed by atoms with van der Waals surface area (Å²) in [4.78, 5) is 39.1. The van der Waals surface area contributed by atoms with E-state index in [0.29, 0.717) is 18.9 Å². The van der Waals surface area contributed by atoms with E-state index in [-0.39, 0.29) is 13.2 Å². The minimum atomic E-state index is -1.68. The average molecular weight is 378 g/mol. The summed E-state index contributed by atoms with van der Waals surface area (Å²) in [5, 5.41) is 9.32. The maximum Gasteiger partial charge on any atom is 0.348 e. The monoisotopic (exact) mass is 378 g/mol. The molecule has 1 aromatic carbocycles. The van der Waals surface area contributed by atoms with Gasteiger partial charge in [0.15, 0.2) is 6.10 Å². The number of carboxylic acid groups (broad SMARTS) is 1. The van der Waals surface area contributed by atoms with Crippen LogP contribution in [-0.2, 0) is 28.6 Å². The van der Waals surface area contributed by atoms with Gasteiger partial charge in [-0.05, 0) is 18.2 Å². The lowest BCUT2D eigenvalue weighted by Crippen LogP contribution is -2.55. The second-order valence-corrected chi connectivity index (χ2v) is 6.27. The predicted molar refractivity (Wildman–Crippen MR) is 94.8 cm³/mol. The van der Waals surface area contributed by atoms with E-state index in [2.05, 4.69) is 4.90 Å². The summed E-state index contributed by atoms with van der Waals surface area (Å²) in [6.45, 7) is 4.33. The maximum atomic E-state index is 12.9. The number of benzene rings is 1. The molecule has 0 spiro atoms. The van der Waals surface area contributed by atoms with Gasteiger partial charge in [0.2, 0.25) is 6.10 Å². The minimum Gasteiger partial charge on any atom is -0.478 e. The highest BCUT2D eigenvalue weighted by Crippen LogP contribution is 2.26. The molecule has 27 heavy (non-hydrogen) atoms. The number of aliphatic carboxylic acids is 1. The van der Waals surface area contributed by atoms with Crippen LogP contribution >= 0.6 is 0 Å². The zero-order valence-electron chi connectivity index (χ0n) is 15.0. The quantitative estimate of drug-likeness (QED) is 0.728. The van der Waals surface area contributed by atoms with Crippen molar-refractivity contribution in [2.24, 2.45) is 0 Å². The van der Waals surface area contributed by atoms with Crippen LogP contribution in [0.3, 0.4) is 0 Å². The van der Waals surface area contributed by atoms with Gasteiger partial charge in [0.25, 0.3) is 5.91 Å². The number of amides is 1. The van der Waals surface area contributed by atoms with E-state index in [4.69, 9.17) is 14.2 Å². The van der Waals surface area contributed by atoms with Gasteiger partial charge >= 0.3 is 11.9 Å². The van der Waals surface area contributed by atoms with Crippen LogP contribution in [-0.4, -0.2) is 74.6 Å². The Kier molecular flexibility index (Phi) is 5.92. The molecule has 3 rings (SSSR count). The second-order valence-electron chi connectivity index (χ2n) is 6.27. The van der Waals surface area contributed by atoms with E-state index < -0.39 is 30.1 Å². The number of nitrogens with zero attached hydrogens (tertiary/aromatic N) is 2. The lowest BCUT2D eigenvalue weighted by atomic mass is 10.1. The fourth-order valence-electron chi connectivity index (χ4n) is 3.18. The van der Waals surface area contributed by atoms with Crippen molar-refractivity contribution in [3.63, 3.8) is 0 Å². The highest BCUT2D eigenvalue weighted by atomic mass is 16.6. The van der Waals surface area contributed by atoms with Crippen molar-refractivity contribution in [1.82, 2.24) is 0 Å². The third-order valence-corrected chi connectivity index (χ3v) is 4.45. The van der Waals surface area contributed by atoms with E-state index in [1.54, 1.807) is 6.07 Å². The van der Waals surface area contributed by atoms with Crippen LogP contribution in [0.1, 0.15) is 6.92 Å². The van der Waals surface area contributed by atoms with Gasteiger partial charge in [-0.2, -0.15) is 0 Å². The second kappa shape index (κ2) is 8.36. The molecule has 2 aliphatic rings. The summed E-state index contributed by atoms with van der Waals surface area (Å²) in [6.07, 6.45) is -3.06. The molecule has 0 saturated carbocycles. The van der Waals surface area contributed by atoms with Crippen LogP contribution in [0, 0.1) is 0 Å². The molecule has 1 N–H and O–H groups in total. The van der Waals surface area contributed by atoms with Crippen LogP contribution in [0.2, 0.25) is 0 Å². The summed E-state index contributed by atoms with van der Waals surface area (Å²) in [7, 11) is 0. The summed E-state index contributed by atoms with van der Waals surface area (Å²) >= 11 is 0. The van der Waals surface area contributed by atoms with Crippen LogP contribution < -0.4 is 9.80 Å². The van der Waals surface area contributed by atoms with Crippen LogP contribution in [0.5, 0.6) is 0 Å². The van der Waals surface area contributed by atoms with E-state index in [1.165, 1.54) is 4.90 Å². The number of carboxylic acids is 1. The smallest absolute Gasteiger partial charge is 0.348 e. The van der Waals surface area contributed by atoms with Gasteiger partial charge in [0, 0.05) is 37.9 Å². The van der Waals surface area contributed by atoms with E-state index in [0.717, 1.165) is 25.7 Å². The third-order valence-electron chi connectivity index (χ3n) is 4.45. The number of morpholine rings is 2. The van der Waals surface area contributed by atoms with Gasteiger partial charge in [0.05, 0.1) is 19.8 Å². The van der Waals surface area contributed by atoms with E-state index >= 15 is 0 Å². The lowest BCUT2D eigenvalue weighted by Gasteiger charge is -2.35. The minimum absolute atomic E-state index is 0.142. The number of carbonyl (C=O) groups excluding carboxylic acids is 2. The molecule has 0 bridgehead atoms. The number of hydrogen-bond donors (Lipinski definition) is 1. The zero-order chi connectivity index (χ0) is 19.4. The van der Waals surface area contributed by atoms with Crippen molar-refractivity contribution in [3.8, 4) is 0 Å². The van der Waals surface area contributed by atoms with Crippen molar-refractivity contribution in [2.75, 3.05) is 49.3 Å². The Hall–Kier alpha value is -2.65. The van der Waals surface area contributed by atoms with Crippen molar-refractivity contribution in [3.05, 3.63) is 24.3 Å². The molecule has 0 aromatic heterocycles. The van der Waals surface area contributed by atoms with Crippen LogP contribution in [0.4, 0.5) is 11.4 Å². The van der Waals surface area contributed by atoms with Gasteiger partial charge in [-0.15, -0.1) is 0 Å². The average Bonchev–Trinajstić information content (AvgIpc) is 2.67. The first-order valence-corrected chi connectivity index (χ1v) is 8.73. The van der Waals surface area contributed by atoms with Crippen molar-refractivity contribution in [1.29, 1.82) is 0 Å². The van der Waals surface area contributed by atoms with Gasteiger partial charge in [-0.25, -0.2) is 4.79 Å². The molecule has 0 radical (unpaired) electrons. The highest BCUT2D eigenvalue weighted by molar-refractivity contribution is 6.00. The first-order valence-electron chi connectivity index (χ1n) is 8.73. The Balaban J connectivity index is 1.81. The van der Waals surface area contributed by atoms with Crippen molar-refractivity contribution >= 4 is 29.2 Å². The molecule has 146 valence electrons. The molecule has 1 aromatic rings. The molecule has 2 saturated heterocycles. The molecule has 2 fully saturated rings. The summed E-state index contributed by atoms with van der Waals surface area (Å²) in [5.41, 5.74) is 1.60. The Morgan fingerprint density at radius 3 is 2.56 bits per heavy atom.